The number of aromatic nitrogens is 1. The van der Waals surface area contributed by atoms with Crippen molar-refractivity contribution in [1.82, 2.24) is 4.98 Å². The van der Waals surface area contributed by atoms with Crippen molar-refractivity contribution in [3.63, 3.8) is 0 Å². The van der Waals surface area contributed by atoms with Crippen molar-refractivity contribution in [1.29, 1.82) is 0 Å². The third kappa shape index (κ3) is 2.72. The number of aryl methyl sites for hydroxylation is 1. The lowest BCUT2D eigenvalue weighted by molar-refractivity contribution is 0.446. The van der Waals surface area contributed by atoms with Crippen molar-refractivity contribution < 1.29 is 0 Å². The lowest BCUT2D eigenvalue weighted by Gasteiger charge is -2.30. The number of nitrogens with zero attached hydrogens (tertiary/aromatic N) is 2. The highest BCUT2D eigenvalue weighted by Gasteiger charge is 2.20. The Bertz CT molecular complexity index is 305. The second-order valence-corrected chi connectivity index (χ2v) is 5.54. The standard InChI is InChI=1S/C11H17BrN2S/c1-2-10-8-15-11(13-10)14-5-3-9(7-12)4-6-14/h8-9H,2-7H2,1H3. The minimum absolute atomic E-state index is 0.867. The van der Waals surface area contributed by atoms with E-state index < -0.39 is 0 Å². The van der Waals surface area contributed by atoms with E-state index in [9.17, 15) is 0 Å². The van der Waals surface area contributed by atoms with Gasteiger partial charge in [0.05, 0.1) is 5.69 Å². The summed E-state index contributed by atoms with van der Waals surface area (Å²) >= 11 is 5.36. The Morgan fingerprint density at radius 2 is 2.27 bits per heavy atom. The van der Waals surface area contributed by atoms with Crippen LogP contribution in [0.5, 0.6) is 0 Å². The molecule has 0 atom stereocenters. The molecule has 2 nitrogen and oxygen atoms in total. The van der Waals surface area contributed by atoms with Crippen LogP contribution >= 0.6 is 27.3 Å². The molecule has 2 rings (SSSR count). The Labute approximate surface area is 104 Å². The summed E-state index contributed by atoms with van der Waals surface area (Å²) in [5, 5.41) is 4.56. The highest BCUT2D eigenvalue weighted by molar-refractivity contribution is 9.09. The molecule has 0 spiro atoms. The highest BCUT2D eigenvalue weighted by Crippen LogP contribution is 2.27. The van der Waals surface area contributed by atoms with E-state index in [1.54, 1.807) is 11.3 Å². The normalized spacial score (nSPS) is 18.4. The van der Waals surface area contributed by atoms with Crippen LogP contribution in [0.3, 0.4) is 0 Å². The average Bonchev–Trinajstić information content (AvgIpc) is 2.78. The number of rotatable bonds is 3. The number of alkyl halides is 1. The van der Waals surface area contributed by atoms with Crippen molar-refractivity contribution in [2.75, 3.05) is 23.3 Å². The molecule has 0 N–H and O–H groups in total. The molecule has 1 aromatic heterocycles. The summed E-state index contributed by atoms with van der Waals surface area (Å²) in [6.45, 7) is 4.51. The third-order valence-corrected chi connectivity index (χ3v) is 4.87. The summed E-state index contributed by atoms with van der Waals surface area (Å²) in [5.41, 5.74) is 1.23. The fraction of sp³-hybridized carbons (Fsp3) is 0.727. The van der Waals surface area contributed by atoms with Gasteiger partial charge in [0.25, 0.3) is 0 Å². The van der Waals surface area contributed by atoms with Gasteiger partial charge in [-0.3, -0.25) is 0 Å². The second kappa shape index (κ2) is 5.30. The molecule has 1 saturated heterocycles. The summed E-state index contributed by atoms with van der Waals surface area (Å²) in [7, 11) is 0. The number of thiazole rings is 1. The van der Waals surface area contributed by atoms with Crippen molar-refractivity contribution in [3.05, 3.63) is 11.1 Å². The van der Waals surface area contributed by atoms with Gasteiger partial charge in [-0.05, 0) is 25.2 Å². The van der Waals surface area contributed by atoms with E-state index in [0.717, 1.165) is 17.7 Å². The summed E-state index contributed by atoms with van der Waals surface area (Å²) in [4.78, 5) is 7.07. The molecule has 1 aliphatic heterocycles. The molecule has 0 aromatic carbocycles. The Morgan fingerprint density at radius 3 is 2.80 bits per heavy atom. The van der Waals surface area contributed by atoms with Gasteiger partial charge in [-0.2, -0.15) is 0 Å². The van der Waals surface area contributed by atoms with E-state index in [1.807, 2.05) is 0 Å². The van der Waals surface area contributed by atoms with Crippen molar-refractivity contribution in [2.24, 2.45) is 5.92 Å². The molecule has 1 aromatic rings. The van der Waals surface area contributed by atoms with Gasteiger partial charge in [0.2, 0.25) is 0 Å². The quantitative estimate of drug-likeness (QED) is 0.794. The summed E-state index contributed by atoms with van der Waals surface area (Å²) < 4.78 is 0. The Balaban J connectivity index is 1.95. The molecule has 4 heteroatoms. The first-order chi connectivity index (χ1) is 7.33. The molecule has 84 valence electrons. The van der Waals surface area contributed by atoms with Gasteiger partial charge in [0.1, 0.15) is 0 Å². The van der Waals surface area contributed by atoms with Crippen LogP contribution in [-0.2, 0) is 6.42 Å². The lowest BCUT2D eigenvalue weighted by atomic mass is 10.00. The molecule has 0 aliphatic carbocycles. The molecule has 0 bridgehead atoms. The van der Waals surface area contributed by atoms with Gasteiger partial charge in [-0.1, -0.05) is 22.9 Å². The second-order valence-electron chi connectivity index (χ2n) is 4.06. The van der Waals surface area contributed by atoms with Crippen LogP contribution in [0, 0.1) is 5.92 Å². The zero-order chi connectivity index (χ0) is 10.7. The smallest absolute Gasteiger partial charge is 0.185 e. The largest absolute Gasteiger partial charge is 0.348 e. The van der Waals surface area contributed by atoms with E-state index in [0.29, 0.717) is 0 Å². The van der Waals surface area contributed by atoms with Gasteiger partial charge in [0.15, 0.2) is 5.13 Å². The fourth-order valence-electron chi connectivity index (χ4n) is 1.88. The van der Waals surface area contributed by atoms with Gasteiger partial charge >= 0.3 is 0 Å². The van der Waals surface area contributed by atoms with Gasteiger partial charge in [-0.15, -0.1) is 11.3 Å². The number of anilines is 1. The first kappa shape index (κ1) is 11.4. The zero-order valence-electron chi connectivity index (χ0n) is 9.08. The van der Waals surface area contributed by atoms with Crippen LogP contribution in [0.15, 0.2) is 5.38 Å². The van der Waals surface area contributed by atoms with Crippen molar-refractivity contribution >= 4 is 32.4 Å². The van der Waals surface area contributed by atoms with E-state index in [-0.39, 0.29) is 0 Å². The molecule has 0 unspecified atom stereocenters. The first-order valence-corrected chi connectivity index (χ1v) is 7.59. The highest BCUT2D eigenvalue weighted by atomic mass is 79.9. The monoisotopic (exact) mass is 288 g/mol. The summed E-state index contributed by atoms with van der Waals surface area (Å²) in [5.74, 6) is 0.867. The van der Waals surface area contributed by atoms with E-state index in [4.69, 9.17) is 0 Å². The van der Waals surface area contributed by atoms with E-state index in [1.165, 1.54) is 36.8 Å². The Kier molecular flexibility index (Phi) is 4.03. The van der Waals surface area contributed by atoms with Gasteiger partial charge in [-0.25, -0.2) is 4.98 Å². The van der Waals surface area contributed by atoms with Crippen molar-refractivity contribution in [2.45, 2.75) is 26.2 Å². The maximum Gasteiger partial charge on any atom is 0.185 e. The Hall–Kier alpha value is -0.0900. The zero-order valence-corrected chi connectivity index (χ0v) is 11.5. The molecule has 0 amide bonds. The molecular weight excluding hydrogens is 272 g/mol. The molecule has 0 radical (unpaired) electrons. The first-order valence-electron chi connectivity index (χ1n) is 5.58. The molecule has 1 aliphatic rings. The number of halogens is 1. The van der Waals surface area contributed by atoms with Crippen LogP contribution in [0.2, 0.25) is 0 Å². The van der Waals surface area contributed by atoms with E-state index in [2.05, 4.69) is 38.1 Å². The summed E-state index contributed by atoms with van der Waals surface area (Å²) in [6, 6.07) is 0. The van der Waals surface area contributed by atoms with Gasteiger partial charge < -0.3 is 4.90 Å². The van der Waals surface area contributed by atoms with E-state index >= 15 is 0 Å². The molecule has 2 heterocycles. The average molecular weight is 289 g/mol. The summed E-state index contributed by atoms with van der Waals surface area (Å²) in [6.07, 6.45) is 3.65. The maximum absolute atomic E-state index is 4.64. The topological polar surface area (TPSA) is 16.1 Å². The molecule has 1 fully saturated rings. The van der Waals surface area contributed by atoms with Crippen LogP contribution in [0.4, 0.5) is 5.13 Å². The predicted molar refractivity (Wildman–Crippen MR) is 70.2 cm³/mol. The third-order valence-electron chi connectivity index (χ3n) is 3.01. The molecular formula is C11H17BrN2S. The van der Waals surface area contributed by atoms with Crippen LogP contribution < -0.4 is 4.90 Å². The number of piperidine rings is 1. The van der Waals surface area contributed by atoms with Gasteiger partial charge in [0, 0.05) is 23.8 Å². The minimum atomic E-state index is 0.867. The maximum atomic E-state index is 4.64. The Morgan fingerprint density at radius 1 is 1.53 bits per heavy atom. The lowest BCUT2D eigenvalue weighted by Crippen LogP contribution is -2.34. The SMILES string of the molecule is CCc1csc(N2CCC(CBr)CC2)n1. The van der Waals surface area contributed by atoms with Crippen LogP contribution in [-0.4, -0.2) is 23.4 Å². The number of hydrogen-bond donors (Lipinski definition) is 0. The fourth-order valence-corrected chi connectivity index (χ4v) is 3.49. The molecule has 15 heavy (non-hydrogen) atoms. The van der Waals surface area contributed by atoms with Crippen LogP contribution in [0.1, 0.15) is 25.5 Å². The number of hydrogen-bond acceptors (Lipinski definition) is 3. The molecule has 0 saturated carbocycles. The minimum Gasteiger partial charge on any atom is -0.348 e. The van der Waals surface area contributed by atoms with Crippen molar-refractivity contribution in [3.8, 4) is 0 Å². The predicted octanol–water partition coefficient (Wildman–Crippen LogP) is 3.32. The van der Waals surface area contributed by atoms with Crippen LogP contribution in [0.25, 0.3) is 0 Å².